The van der Waals surface area contributed by atoms with Gasteiger partial charge >= 0.3 is 0 Å². The minimum absolute atomic E-state index is 0.1000. The third kappa shape index (κ3) is 7.10. The van der Waals surface area contributed by atoms with Crippen molar-refractivity contribution in [1.29, 1.82) is 0 Å². The molecule has 0 aliphatic heterocycles. The van der Waals surface area contributed by atoms with E-state index in [9.17, 15) is 18.0 Å². The second-order valence-electron chi connectivity index (χ2n) is 10.3. The third-order valence-electron chi connectivity index (χ3n) is 7.53. The summed E-state index contributed by atoms with van der Waals surface area (Å²) in [5.41, 5.74) is 2.33. The van der Waals surface area contributed by atoms with Crippen LogP contribution in [0.2, 0.25) is 0 Å². The van der Waals surface area contributed by atoms with E-state index >= 15 is 0 Å². The lowest BCUT2D eigenvalue weighted by molar-refractivity contribution is -0.140. The molecule has 3 aromatic rings. The molecule has 0 saturated heterocycles. The maximum Gasteiger partial charge on any atom is 0.264 e. The van der Waals surface area contributed by atoms with Gasteiger partial charge in [0.1, 0.15) is 12.6 Å². The van der Waals surface area contributed by atoms with Crippen molar-refractivity contribution in [3.05, 3.63) is 96.1 Å². The van der Waals surface area contributed by atoms with Gasteiger partial charge in [0.25, 0.3) is 10.0 Å². The monoisotopic (exact) mass is 561 g/mol. The van der Waals surface area contributed by atoms with Crippen molar-refractivity contribution >= 4 is 27.5 Å². The van der Waals surface area contributed by atoms with Crippen LogP contribution in [0.3, 0.4) is 0 Å². The number of aryl methyl sites for hydroxylation is 1. The number of nitrogens with one attached hydrogen (secondary N) is 1. The average Bonchev–Trinajstić information content (AvgIpc) is 3.49. The Labute approximate surface area is 238 Å². The Bertz CT molecular complexity index is 1360. The molecule has 1 N–H and O–H groups in total. The van der Waals surface area contributed by atoms with Gasteiger partial charge in [0.15, 0.2) is 0 Å². The fourth-order valence-electron chi connectivity index (χ4n) is 5.21. The van der Waals surface area contributed by atoms with Gasteiger partial charge in [-0.3, -0.25) is 13.9 Å². The molecular weight excluding hydrogens is 522 g/mol. The summed E-state index contributed by atoms with van der Waals surface area (Å²) in [4.78, 5) is 29.2. The van der Waals surface area contributed by atoms with E-state index in [1.807, 2.05) is 56.3 Å². The van der Waals surface area contributed by atoms with Crippen LogP contribution in [0.5, 0.6) is 0 Å². The van der Waals surface area contributed by atoms with Crippen LogP contribution in [-0.4, -0.2) is 43.8 Å². The maximum atomic E-state index is 14.1. The van der Waals surface area contributed by atoms with Crippen molar-refractivity contribution < 1.29 is 18.0 Å². The summed E-state index contributed by atoms with van der Waals surface area (Å²) in [5, 5.41) is 3.14. The van der Waals surface area contributed by atoms with Crippen molar-refractivity contribution in [1.82, 2.24) is 10.2 Å². The fraction of sp³-hybridized carbons (Fsp3) is 0.375. The fourth-order valence-corrected chi connectivity index (χ4v) is 6.65. The second kappa shape index (κ2) is 13.6. The Balaban J connectivity index is 1.69. The highest BCUT2D eigenvalue weighted by Crippen LogP contribution is 2.26. The van der Waals surface area contributed by atoms with Crippen LogP contribution < -0.4 is 9.62 Å². The van der Waals surface area contributed by atoms with Crippen molar-refractivity contribution in [2.75, 3.05) is 10.8 Å². The van der Waals surface area contributed by atoms with E-state index < -0.39 is 28.5 Å². The van der Waals surface area contributed by atoms with Gasteiger partial charge in [0.05, 0.1) is 10.6 Å². The van der Waals surface area contributed by atoms with Gasteiger partial charge in [-0.05, 0) is 61.1 Å². The van der Waals surface area contributed by atoms with E-state index in [0.29, 0.717) is 12.1 Å². The minimum Gasteiger partial charge on any atom is -0.352 e. The quantitative estimate of drug-likeness (QED) is 0.325. The summed E-state index contributed by atoms with van der Waals surface area (Å²) in [6.07, 6.45) is 5.25. The van der Waals surface area contributed by atoms with Crippen molar-refractivity contribution in [2.45, 2.75) is 75.9 Å². The molecule has 1 saturated carbocycles. The van der Waals surface area contributed by atoms with Crippen LogP contribution in [0, 0.1) is 0 Å². The van der Waals surface area contributed by atoms with Crippen LogP contribution in [0.4, 0.5) is 5.69 Å². The lowest BCUT2D eigenvalue weighted by atomic mass is 10.1. The molecule has 3 aromatic carbocycles. The zero-order valence-electron chi connectivity index (χ0n) is 23.3. The van der Waals surface area contributed by atoms with Gasteiger partial charge in [0.2, 0.25) is 11.8 Å². The minimum atomic E-state index is -4.06. The molecule has 0 bridgehead atoms. The van der Waals surface area contributed by atoms with Gasteiger partial charge in [-0.25, -0.2) is 8.42 Å². The first kappa shape index (κ1) is 29.3. The lowest BCUT2D eigenvalue weighted by Gasteiger charge is -2.33. The van der Waals surface area contributed by atoms with E-state index in [0.717, 1.165) is 47.5 Å². The zero-order chi connectivity index (χ0) is 28.5. The Kier molecular flexibility index (Phi) is 9.98. The molecule has 4 rings (SSSR count). The Hall–Kier alpha value is -3.65. The number of benzene rings is 3. The predicted molar refractivity (Wildman–Crippen MR) is 158 cm³/mol. The molecule has 0 aromatic heterocycles. The molecule has 8 heteroatoms. The van der Waals surface area contributed by atoms with Gasteiger partial charge < -0.3 is 10.2 Å². The first-order valence-corrected chi connectivity index (χ1v) is 15.6. The Morgan fingerprint density at radius 2 is 1.45 bits per heavy atom. The molecule has 1 aliphatic carbocycles. The summed E-state index contributed by atoms with van der Waals surface area (Å²) in [6, 6.07) is 24.2. The molecule has 0 radical (unpaired) electrons. The normalized spacial score (nSPS) is 14.4. The van der Waals surface area contributed by atoms with Crippen molar-refractivity contribution in [2.24, 2.45) is 0 Å². The third-order valence-corrected chi connectivity index (χ3v) is 9.31. The average molecular weight is 562 g/mol. The number of nitrogens with zero attached hydrogens (tertiary/aromatic N) is 2. The van der Waals surface area contributed by atoms with Gasteiger partial charge in [-0.1, -0.05) is 87.4 Å². The van der Waals surface area contributed by atoms with Crippen LogP contribution in [0.25, 0.3) is 0 Å². The van der Waals surface area contributed by atoms with E-state index in [1.54, 1.807) is 30.3 Å². The van der Waals surface area contributed by atoms with Crippen molar-refractivity contribution in [3.8, 4) is 0 Å². The number of amides is 2. The summed E-state index contributed by atoms with van der Waals surface area (Å²) in [5.74, 6) is -0.625. The van der Waals surface area contributed by atoms with E-state index in [4.69, 9.17) is 0 Å². The molecule has 1 aliphatic rings. The highest BCUT2D eigenvalue weighted by Gasteiger charge is 2.34. The van der Waals surface area contributed by atoms with Crippen LogP contribution in [0.1, 0.15) is 57.1 Å². The number of carbonyl (C=O) groups is 2. The largest absolute Gasteiger partial charge is 0.352 e. The molecule has 212 valence electrons. The molecule has 1 unspecified atom stereocenters. The van der Waals surface area contributed by atoms with Crippen molar-refractivity contribution in [3.63, 3.8) is 0 Å². The Morgan fingerprint density at radius 3 is 2.02 bits per heavy atom. The first-order chi connectivity index (χ1) is 19.3. The number of hydrogen-bond acceptors (Lipinski definition) is 4. The number of hydrogen-bond donors (Lipinski definition) is 1. The zero-order valence-corrected chi connectivity index (χ0v) is 24.1. The number of rotatable bonds is 12. The predicted octanol–water partition coefficient (Wildman–Crippen LogP) is 5.31. The Morgan fingerprint density at radius 1 is 0.850 bits per heavy atom. The van der Waals surface area contributed by atoms with Gasteiger partial charge in [-0.15, -0.1) is 0 Å². The maximum absolute atomic E-state index is 14.1. The molecule has 0 spiro atoms. The molecule has 0 heterocycles. The summed E-state index contributed by atoms with van der Waals surface area (Å²) in [7, 11) is -4.06. The lowest BCUT2D eigenvalue weighted by Crippen LogP contribution is -2.53. The van der Waals surface area contributed by atoms with E-state index in [2.05, 4.69) is 5.32 Å². The highest BCUT2D eigenvalue weighted by molar-refractivity contribution is 7.92. The summed E-state index contributed by atoms with van der Waals surface area (Å²) >= 11 is 0. The number of carbonyl (C=O) groups excluding carboxylic acids is 2. The van der Waals surface area contributed by atoms with Gasteiger partial charge in [0, 0.05) is 12.6 Å². The molecule has 40 heavy (non-hydrogen) atoms. The van der Waals surface area contributed by atoms with Gasteiger partial charge in [-0.2, -0.15) is 0 Å². The smallest absolute Gasteiger partial charge is 0.264 e. The molecule has 7 nitrogen and oxygen atoms in total. The SMILES string of the molecule is CCc1ccc(N(CC(=O)N(Cc2ccccc2)C(CC)C(=O)NC2CCCC2)S(=O)(=O)c2ccccc2)cc1. The number of sulfonamides is 1. The second-order valence-corrected chi connectivity index (χ2v) is 12.1. The standard InChI is InChI=1S/C32H39N3O4S/c1-3-25-19-21-28(22-20-25)35(40(38,39)29-17-9-6-10-18-29)24-31(36)34(23-26-13-7-5-8-14-26)30(4-2)32(37)33-27-15-11-12-16-27/h5-10,13-14,17-22,27,30H,3-4,11-12,15-16,23-24H2,1-2H3,(H,33,37). The molecular formula is C32H39N3O4S. The first-order valence-electron chi connectivity index (χ1n) is 14.1. The van der Waals surface area contributed by atoms with E-state index in [1.165, 1.54) is 17.0 Å². The molecule has 1 atom stereocenters. The number of anilines is 1. The van der Waals surface area contributed by atoms with Crippen LogP contribution >= 0.6 is 0 Å². The molecule has 1 fully saturated rings. The summed E-state index contributed by atoms with van der Waals surface area (Å²) in [6.45, 7) is 3.68. The summed E-state index contributed by atoms with van der Waals surface area (Å²) < 4.78 is 28.9. The van der Waals surface area contributed by atoms with Crippen LogP contribution in [0.15, 0.2) is 89.8 Å². The topological polar surface area (TPSA) is 86.8 Å². The van der Waals surface area contributed by atoms with E-state index in [-0.39, 0.29) is 23.4 Å². The van der Waals surface area contributed by atoms with Crippen LogP contribution in [-0.2, 0) is 32.6 Å². The molecule has 2 amide bonds. The highest BCUT2D eigenvalue weighted by atomic mass is 32.2.